The summed E-state index contributed by atoms with van der Waals surface area (Å²) in [4.78, 5) is 2.47. The lowest BCUT2D eigenvalue weighted by Crippen LogP contribution is -2.28. The zero-order valence-corrected chi connectivity index (χ0v) is 33.6. The Hall–Kier alpha value is -7.16. The van der Waals surface area contributed by atoms with Crippen molar-refractivity contribution in [3.63, 3.8) is 0 Å². The molecule has 10 aromatic rings. The van der Waals surface area contributed by atoms with Gasteiger partial charge in [0.2, 0.25) is 0 Å². The van der Waals surface area contributed by atoms with Crippen LogP contribution in [-0.4, -0.2) is 4.57 Å². The maximum atomic E-state index is 2.51. The van der Waals surface area contributed by atoms with Crippen LogP contribution < -0.4 is 4.90 Å². The third-order valence-corrected chi connectivity index (χ3v) is 12.5. The summed E-state index contributed by atoms with van der Waals surface area (Å²) in [6, 6.07) is 78.6. The molecule has 282 valence electrons. The van der Waals surface area contributed by atoms with Crippen LogP contribution in [0.15, 0.2) is 212 Å². The van der Waals surface area contributed by atoms with E-state index in [0.29, 0.717) is 0 Å². The number of nitrogens with zero attached hydrogens (tertiary/aromatic N) is 2. The van der Waals surface area contributed by atoms with Crippen molar-refractivity contribution in [2.45, 2.75) is 31.7 Å². The zero-order valence-electron chi connectivity index (χ0n) is 33.6. The van der Waals surface area contributed by atoms with E-state index in [-0.39, 0.29) is 5.54 Å². The highest BCUT2D eigenvalue weighted by Gasteiger charge is 2.46. The number of anilines is 3. The molecule has 0 unspecified atom stereocenters. The fourth-order valence-electron chi connectivity index (χ4n) is 10.1. The second-order valence-electron chi connectivity index (χ2n) is 16.9. The molecule has 0 bridgehead atoms. The predicted octanol–water partition coefficient (Wildman–Crippen LogP) is 15.2. The quantitative estimate of drug-likeness (QED) is 0.164. The Morgan fingerprint density at radius 3 is 1.69 bits per heavy atom. The van der Waals surface area contributed by atoms with E-state index in [4.69, 9.17) is 0 Å². The lowest BCUT2D eigenvalue weighted by Gasteiger charge is -2.34. The van der Waals surface area contributed by atoms with E-state index in [9.17, 15) is 0 Å². The van der Waals surface area contributed by atoms with Gasteiger partial charge in [0.1, 0.15) is 0 Å². The van der Waals surface area contributed by atoms with Crippen molar-refractivity contribution in [1.29, 1.82) is 0 Å². The van der Waals surface area contributed by atoms with Gasteiger partial charge in [-0.2, -0.15) is 0 Å². The Labute approximate surface area is 346 Å². The molecular weight excluding hydrogens is 713 g/mol. The average molecular weight is 757 g/mol. The van der Waals surface area contributed by atoms with Crippen LogP contribution in [0, 0.1) is 0 Å². The fraction of sp³-hybridized carbons (Fsp3) is 0.0877. The Morgan fingerprint density at radius 1 is 0.390 bits per heavy atom. The van der Waals surface area contributed by atoms with E-state index in [1.807, 2.05) is 0 Å². The first-order valence-corrected chi connectivity index (χ1v) is 20.7. The maximum absolute atomic E-state index is 2.51. The van der Waals surface area contributed by atoms with Gasteiger partial charge in [0.15, 0.2) is 0 Å². The normalized spacial score (nSPS) is 13.1. The summed E-state index contributed by atoms with van der Waals surface area (Å²) in [5.74, 6) is 0. The van der Waals surface area contributed by atoms with Crippen LogP contribution in [0.5, 0.6) is 0 Å². The molecule has 0 amide bonds. The smallest absolute Gasteiger partial charge is 0.0713 e. The van der Waals surface area contributed by atoms with E-state index in [0.717, 1.165) is 17.1 Å². The molecule has 1 heterocycles. The van der Waals surface area contributed by atoms with Gasteiger partial charge in [0, 0.05) is 38.9 Å². The van der Waals surface area contributed by atoms with E-state index < -0.39 is 5.41 Å². The van der Waals surface area contributed by atoms with Crippen LogP contribution in [0.2, 0.25) is 0 Å². The number of fused-ring (bicyclic) bond motifs is 7. The summed E-state index contributed by atoms with van der Waals surface area (Å²) in [6.45, 7) is 6.92. The van der Waals surface area contributed by atoms with Gasteiger partial charge in [-0.05, 0) is 119 Å². The second-order valence-corrected chi connectivity index (χ2v) is 16.9. The monoisotopic (exact) mass is 756 g/mol. The molecule has 1 aromatic heterocycles. The molecule has 1 aliphatic rings. The van der Waals surface area contributed by atoms with Gasteiger partial charge < -0.3 is 9.47 Å². The van der Waals surface area contributed by atoms with E-state index in [1.54, 1.807) is 0 Å². The van der Waals surface area contributed by atoms with Crippen LogP contribution in [0.3, 0.4) is 0 Å². The number of para-hydroxylation sites is 1. The minimum atomic E-state index is -0.460. The number of rotatable bonds is 6. The molecule has 0 saturated heterocycles. The average Bonchev–Trinajstić information content (AvgIpc) is 3.78. The number of aromatic nitrogens is 1. The molecular formula is C57H44N2. The molecule has 0 radical (unpaired) electrons. The third kappa shape index (κ3) is 5.40. The van der Waals surface area contributed by atoms with Crippen molar-refractivity contribution in [2.24, 2.45) is 0 Å². The lowest BCUT2D eigenvalue weighted by molar-refractivity contribution is 0.423. The van der Waals surface area contributed by atoms with Gasteiger partial charge in [0.05, 0.1) is 10.9 Å². The molecule has 11 rings (SSSR count). The van der Waals surface area contributed by atoms with Crippen LogP contribution in [-0.2, 0) is 11.0 Å². The topological polar surface area (TPSA) is 8.17 Å². The molecule has 0 fully saturated rings. The van der Waals surface area contributed by atoms with E-state index in [2.05, 4.69) is 243 Å². The summed E-state index contributed by atoms with van der Waals surface area (Å²) in [7, 11) is 0. The minimum Gasteiger partial charge on any atom is -0.335 e. The van der Waals surface area contributed by atoms with Gasteiger partial charge in [-0.15, -0.1) is 0 Å². The molecule has 0 atom stereocenters. The number of benzene rings is 9. The van der Waals surface area contributed by atoms with Crippen molar-refractivity contribution in [1.82, 2.24) is 4.57 Å². The van der Waals surface area contributed by atoms with Crippen molar-refractivity contribution in [3.8, 4) is 22.3 Å². The fourth-order valence-corrected chi connectivity index (χ4v) is 10.1. The van der Waals surface area contributed by atoms with Crippen molar-refractivity contribution >= 4 is 49.6 Å². The molecule has 0 saturated carbocycles. The van der Waals surface area contributed by atoms with Crippen LogP contribution >= 0.6 is 0 Å². The van der Waals surface area contributed by atoms with Gasteiger partial charge in [0.25, 0.3) is 0 Å². The standard InChI is InChI=1S/C57H44N2/c1-56(2,3)59-54-29-16-14-26-48(54)49-34-32-45(38-55(49)59)58(43-31-30-40-20-17-27-46(50(40)36-43)39-18-7-4-8-19-39)44-33-35-53-51(37-44)47-25-13-15-28-52(47)57(53,41-21-9-5-10-22-41)42-23-11-6-12-24-42/h4-38H,1-3H3. The maximum Gasteiger partial charge on any atom is 0.0713 e. The van der Waals surface area contributed by atoms with Crippen molar-refractivity contribution < 1.29 is 0 Å². The van der Waals surface area contributed by atoms with Crippen molar-refractivity contribution in [2.75, 3.05) is 4.90 Å². The van der Waals surface area contributed by atoms with Gasteiger partial charge in [-0.1, -0.05) is 170 Å². The number of hydrogen-bond acceptors (Lipinski definition) is 1. The molecule has 0 N–H and O–H groups in total. The zero-order chi connectivity index (χ0) is 39.7. The van der Waals surface area contributed by atoms with Crippen LogP contribution in [0.25, 0.3) is 54.8 Å². The highest BCUT2D eigenvalue weighted by Crippen LogP contribution is 2.57. The molecule has 9 aromatic carbocycles. The first-order chi connectivity index (χ1) is 28.9. The Bertz CT molecular complexity index is 3150. The predicted molar refractivity (Wildman–Crippen MR) is 249 cm³/mol. The SMILES string of the molecule is CC(C)(C)n1c2ccccc2c2ccc(N(c3ccc4c(c3)-c3ccccc3C4(c3ccccc3)c3ccccc3)c3ccc4cccc(-c5ccccc5)c4c3)cc21. The van der Waals surface area contributed by atoms with Crippen molar-refractivity contribution in [3.05, 3.63) is 235 Å². The summed E-state index contributed by atoms with van der Waals surface area (Å²) in [6.07, 6.45) is 0. The largest absolute Gasteiger partial charge is 0.335 e. The Morgan fingerprint density at radius 2 is 0.949 bits per heavy atom. The first-order valence-electron chi connectivity index (χ1n) is 20.7. The molecule has 59 heavy (non-hydrogen) atoms. The molecule has 1 aliphatic carbocycles. The summed E-state index contributed by atoms with van der Waals surface area (Å²) < 4.78 is 2.51. The third-order valence-electron chi connectivity index (χ3n) is 12.5. The lowest BCUT2D eigenvalue weighted by atomic mass is 9.68. The molecule has 0 spiro atoms. The van der Waals surface area contributed by atoms with Crippen LogP contribution in [0.1, 0.15) is 43.0 Å². The summed E-state index contributed by atoms with van der Waals surface area (Å²) >= 11 is 0. The van der Waals surface area contributed by atoms with E-state index in [1.165, 1.54) is 77.1 Å². The number of hydrogen-bond donors (Lipinski definition) is 0. The highest BCUT2D eigenvalue weighted by molar-refractivity contribution is 6.10. The molecule has 0 aliphatic heterocycles. The molecule has 2 heteroatoms. The minimum absolute atomic E-state index is 0.131. The van der Waals surface area contributed by atoms with Gasteiger partial charge >= 0.3 is 0 Å². The Kier molecular flexibility index (Phi) is 8.00. The highest BCUT2D eigenvalue weighted by atomic mass is 15.1. The Balaban J connectivity index is 1.19. The summed E-state index contributed by atoms with van der Waals surface area (Å²) in [5.41, 5.74) is 15.3. The van der Waals surface area contributed by atoms with Gasteiger partial charge in [-0.25, -0.2) is 0 Å². The second kappa shape index (κ2) is 13.5. The first kappa shape index (κ1) is 35.0. The van der Waals surface area contributed by atoms with E-state index >= 15 is 0 Å². The van der Waals surface area contributed by atoms with Crippen LogP contribution in [0.4, 0.5) is 17.1 Å². The summed E-state index contributed by atoms with van der Waals surface area (Å²) in [5, 5.41) is 4.99. The molecule has 2 nitrogen and oxygen atoms in total. The van der Waals surface area contributed by atoms with Gasteiger partial charge in [-0.3, -0.25) is 0 Å².